The lowest BCUT2D eigenvalue weighted by molar-refractivity contribution is 0.0946. The Morgan fingerprint density at radius 3 is 3.05 bits per heavy atom. The molecule has 1 aliphatic heterocycles. The van der Waals surface area contributed by atoms with Crippen LogP contribution in [0.3, 0.4) is 0 Å². The number of thiazole rings is 1. The second-order valence-electron chi connectivity index (χ2n) is 4.66. The molecule has 0 saturated carbocycles. The molecule has 1 fully saturated rings. The number of nitrogens with zero attached hydrogens (tertiary/aromatic N) is 3. The molecular formula is C14H16N4O2S. The van der Waals surface area contributed by atoms with E-state index in [1.165, 1.54) is 11.3 Å². The summed E-state index contributed by atoms with van der Waals surface area (Å²) in [5, 5.41) is 5.53. The first-order valence-corrected chi connectivity index (χ1v) is 7.66. The summed E-state index contributed by atoms with van der Waals surface area (Å²) in [6.07, 6.45) is 3.45. The van der Waals surface area contributed by atoms with E-state index in [-0.39, 0.29) is 5.91 Å². The van der Waals surface area contributed by atoms with Crippen molar-refractivity contribution in [3.8, 4) is 0 Å². The average Bonchev–Trinajstić information content (AvgIpc) is 3.04. The molecular weight excluding hydrogens is 288 g/mol. The number of amides is 1. The molecule has 0 aromatic carbocycles. The zero-order valence-electron chi connectivity index (χ0n) is 11.5. The monoisotopic (exact) mass is 304 g/mol. The molecule has 0 bridgehead atoms. The summed E-state index contributed by atoms with van der Waals surface area (Å²) in [5.74, 6) is -0.158. The molecule has 2 aromatic rings. The molecule has 0 spiro atoms. The largest absolute Gasteiger partial charge is 0.378 e. The fraction of sp³-hybridized carbons (Fsp3) is 0.357. The summed E-state index contributed by atoms with van der Waals surface area (Å²) in [4.78, 5) is 22.7. The van der Waals surface area contributed by atoms with E-state index in [1.54, 1.807) is 17.8 Å². The van der Waals surface area contributed by atoms with Crippen molar-refractivity contribution in [1.29, 1.82) is 0 Å². The predicted octanol–water partition coefficient (Wildman–Crippen LogP) is 1.30. The van der Waals surface area contributed by atoms with Crippen LogP contribution in [0.15, 0.2) is 29.9 Å². The molecule has 21 heavy (non-hydrogen) atoms. The lowest BCUT2D eigenvalue weighted by atomic mass is 10.3. The van der Waals surface area contributed by atoms with Crippen LogP contribution in [0.4, 0.5) is 5.13 Å². The molecule has 0 unspecified atom stereocenters. The van der Waals surface area contributed by atoms with Crippen LogP contribution in [0.1, 0.15) is 16.1 Å². The molecule has 1 saturated heterocycles. The Kier molecular flexibility index (Phi) is 4.42. The Hall–Kier alpha value is -1.99. The normalized spacial score (nSPS) is 15.0. The number of morpholine rings is 1. The third-order valence-electron chi connectivity index (χ3n) is 3.18. The summed E-state index contributed by atoms with van der Waals surface area (Å²) in [5.41, 5.74) is 1.43. The SMILES string of the molecule is O=C(NCc1cccnc1)c1csc(N2CCOCC2)n1. The van der Waals surface area contributed by atoms with Crippen LogP contribution in [0.5, 0.6) is 0 Å². The van der Waals surface area contributed by atoms with E-state index >= 15 is 0 Å². The highest BCUT2D eigenvalue weighted by Gasteiger charge is 2.17. The lowest BCUT2D eigenvalue weighted by Crippen LogP contribution is -2.36. The van der Waals surface area contributed by atoms with Crippen LogP contribution in [0, 0.1) is 0 Å². The molecule has 0 atom stereocenters. The van der Waals surface area contributed by atoms with E-state index in [0.717, 1.165) is 23.8 Å². The number of hydrogen-bond acceptors (Lipinski definition) is 6. The molecule has 0 radical (unpaired) electrons. The zero-order valence-corrected chi connectivity index (χ0v) is 12.3. The van der Waals surface area contributed by atoms with Crippen LogP contribution in [0.25, 0.3) is 0 Å². The number of carbonyl (C=O) groups is 1. The molecule has 1 N–H and O–H groups in total. The maximum absolute atomic E-state index is 12.1. The van der Waals surface area contributed by atoms with Crippen LogP contribution in [-0.2, 0) is 11.3 Å². The molecule has 2 aromatic heterocycles. The van der Waals surface area contributed by atoms with Gasteiger partial charge in [-0.2, -0.15) is 0 Å². The first-order valence-electron chi connectivity index (χ1n) is 6.78. The van der Waals surface area contributed by atoms with Gasteiger partial charge in [0.2, 0.25) is 0 Å². The van der Waals surface area contributed by atoms with Crippen molar-refractivity contribution in [2.45, 2.75) is 6.54 Å². The summed E-state index contributed by atoms with van der Waals surface area (Å²) in [7, 11) is 0. The maximum Gasteiger partial charge on any atom is 0.271 e. The van der Waals surface area contributed by atoms with Crippen LogP contribution < -0.4 is 10.2 Å². The highest BCUT2D eigenvalue weighted by molar-refractivity contribution is 7.13. The van der Waals surface area contributed by atoms with Crippen molar-refractivity contribution in [3.05, 3.63) is 41.2 Å². The minimum Gasteiger partial charge on any atom is -0.378 e. The molecule has 3 heterocycles. The van der Waals surface area contributed by atoms with Gasteiger partial charge < -0.3 is 15.0 Å². The molecule has 0 aliphatic carbocycles. The molecule has 3 rings (SSSR count). The summed E-state index contributed by atoms with van der Waals surface area (Å²) >= 11 is 1.49. The summed E-state index contributed by atoms with van der Waals surface area (Å²) < 4.78 is 5.31. The van der Waals surface area contributed by atoms with Gasteiger partial charge in [0.1, 0.15) is 5.69 Å². The van der Waals surface area contributed by atoms with E-state index in [9.17, 15) is 4.79 Å². The molecule has 1 aliphatic rings. The highest BCUT2D eigenvalue weighted by Crippen LogP contribution is 2.21. The standard InChI is InChI=1S/C14H16N4O2S/c19-13(16-9-11-2-1-3-15-8-11)12-10-21-14(17-12)18-4-6-20-7-5-18/h1-3,8,10H,4-7,9H2,(H,16,19). The number of aromatic nitrogens is 2. The Balaban J connectivity index is 1.59. The lowest BCUT2D eigenvalue weighted by Gasteiger charge is -2.25. The molecule has 110 valence electrons. The second kappa shape index (κ2) is 6.64. The van der Waals surface area contributed by atoms with Crippen molar-refractivity contribution < 1.29 is 9.53 Å². The zero-order chi connectivity index (χ0) is 14.5. The van der Waals surface area contributed by atoms with Gasteiger partial charge in [0.25, 0.3) is 5.91 Å². The number of hydrogen-bond donors (Lipinski definition) is 1. The topological polar surface area (TPSA) is 67.4 Å². The van der Waals surface area contributed by atoms with E-state index < -0.39 is 0 Å². The van der Waals surface area contributed by atoms with Crippen molar-refractivity contribution in [1.82, 2.24) is 15.3 Å². The van der Waals surface area contributed by atoms with Gasteiger partial charge in [-0.3, -0.25) is 9.78 Å². The van der Waals surface area contributed by atoms with Crippen LogP contribution in [-0.4, -0.2) is 42.2 Å². The van der Waals surface area contributed by atoms with E-state index in [0.29, 0.717) is 25.5 Å². The smallest absolute Gasteiger partial charge is 0.271 e. The summed E-state index contributed by atoms with van der Waals surface area (Å²) in [6, 6.07) is 3.77. The fourth-order valence-corrected chi connectivity index (χ4v) is 2.90. The molecule has 6 nitrogen and oxygen atoms in total. The average molecular weight is 304 g/mol. The Labute approximate surface area is 126 Å². The molecule has 7 heteroatoms. The van der Waals surface area contributed by atoms with Gasteiger partial charge in [-0.25, -0.2) is 4.98 Å². The minimum atomic E-state index is -0.158. The van der Waals surface area contributed by atoms with E-state index in [2.05, 4.69) is 20.2 Å². The van der Waals surface area contributed by atoms with E-state index in [4.69, 9.17) is 4.74 Å². The van der Waals surface area contributed by atoms with Crippen LogP contribution >= 0.6 is 11.3 Å². The number of rotatable bonds is 4. The number of anilines is 1. The van der Waals surface area contributed by atoms with Crippen molar-refractivity contribution in [3.63, 3.8) is 0 Å². The number of ether oxygens (including phenoxy) is 1. The fourth-order valence-electron chi connectivity index (χ4n) is 2.04. The first kappa shape index (κ1) is 14.0. The maximum atomic E-state index is 12.1. The van der Waals surface area contributed by atoms with Crippen molar-refractivity contribution in [2.24, 2.45) is 0 Å². The summed E-state index contributed by atoms with van der Waals surface area (Å²) in [6.45, 7) is 3.52. The third kappa shape index (κ3) is 3.56. The van der Waals surface area contributed by atoms with Gasteiger partial charge in [-0.1, -0.05) is 6.07 Å². The first-order chi connectivity index (χ1) is 10.3. The minimum absolute atomic E-state index is 0.158. The Morgan fingerprint density at radius 2 is 2.29 bits per heavy atom. The number of pyridine rings is 1. The predicted molar refractivity (Wildman–Crippen MR) is 80.6 cm³/mol. The second-order valence-corrected chi connectivity index (χ2v) is 5.50. The van der Waals surface area contributed by atoms with Crippen LogP contribution in [0.2, 0.25) is 0 Å². The Morgan fingerprint density at radius 1 is 1.43 bits per heavy atom. The van der Waals surface area contributed by atoms with Gasteiger partial charge in [-0.15, -0.1) is 11.3 Å². The van der Waals surface area contributed by atoms with Gasteiger partial charge in [0, 0.05) is 37.4 Å². The van der Waals surface area contributed by atoms with Crippen molar-refractivity contribution in [2.75, 3.05) is 31.2 Å². The van der Waals surface area contributed by atoms with Gasteiger partial charge in [0.05, 0.1) is 13.2 Å². The highest BCUT2D eigenvalue weighted by atomic mass is 32.1. The third-order valence-corrected chi connectivity index (χ3v) is 4.08. The quantitative estimate of drug-likeness (QED) is 0.922. The van der Waals surface area contributed by atoms with Gasteiger partial charge in [-0.05, 0) is 11.6 Å². The number of nitrogens with one attached hydrogen (secondary N) is 1. The molecule has 1 amide bonds. The Bertz CT molecular complexity index is 596. The number of carbonyl (C=O) groups excluding carboxylic acids is 1. The van der Waals surface area contributed by atoms with Gasteiger partial charge >= 0.3 is 0 Å². The van der Waals surface area contributed by atoms with E-state index in [1.807, 2.05) is 12.1 Å². The van der Waals surface area contributed by atoms with Crippen molar-refractivity contribution >= 4 is 22.4 Å². The van der Waals surface area contributed by atoms with Gasteiger partial charge in [0.15, 0.2) is 5.13 Å².